The van der Waals surface area contributed by atoms with E-state index in [0.29, 0.717) is 19.4 Å². The van der Waals surface area contributed by atoms with E-state index in [1.54, 1.807) is 4.90 Å². The number of hydrogen-bond donors (Lipinski definition) is 2. The Hall–Kier alpha value is -2.69. The molecule has 2 rings (SSSR count). The van der Waals surface area contributed by atoms with Gasteiger partial charge >= 0.3 is 6.18 Å². The van der Waals surface area contributed by atoms with E-state index in [-0.39, 0.29) is 23.4 Å². The van der Waals surface area contributed by atoms with Gasteiger partial charge in [-0.05, 0) is 25.5 Å². The summed E-state index contributed by atoms with van der Waals surface area (Å²) in [5.74, 6) is -1.58. The molecule has 1 unspecified atom stereocenters. The highest BCUT2D eigenvalue weighted by Gasteiger charge is 2.35. The first-order valence-electron chi connectivity index (χ1n) is 7.74. The van der Waals surface area contributed by atoms with Gasteiger partial charge in [-0.1, -0.05) is 6.07 Å². The first kappa shape index (κ1) is 19.6. The number of benzene rings is 1. The molecule has 0 bridgehead atoms. The minimum Gasteiger partial charge on any atom is -0.366 e. The number of nitro benzene ring substituents is 1. The highest BCUT2D eigenvalue weighted by atomic mass is 19.4. The number of nitrogens with zero attached hydrogens (tertiary/aromatic N) is 2. The van der Waals surface area contributed by atoms with E-state index in [1.165, 1.54) is 12.1 Å². The predicted molar refractivity (Wildman–Crippen MR) is 84.1 cm³/mol. The maximum Gasteiger partial charge on any atom is 0.405 e. The molecule has 1 heterocycles. The van der Waals surface area contributed by atoms with Gasteiger partial charge in [0.1, 0.15) is 6.54 Å². The second-order valence-electron chi connectivity index (χ2n) is 5.93. The van der Waals surface area contributed by atoms with E-state index < -0.39 is 35.5 Å². The molecular formula is C15H17F3N4O4. The van der Waals surface area contributed by atoms with E-state index in [4.69, 9.17) is 5.73 Å². The lowest BCUT2D eigenvalue weighted by atomic mass is 10.1. The van der Waals surface area contributed by atoms with Crippen molar-refractivity contribution in [2.75, 3.05) is 13.1 Å². The Bertz CT molecular complexity index is 723. The number of likely N-dealkylation sites (tertiary alicyclic amines) is 1. The third-order valence-corrected chi connectivity index (χ3v) is 4.07. The maximum absolute atomic E-state index is 12.3. The van der Waals surface area contributed by atoms with Crippen LogP contribution in [-0.2, 0) is 11.3 Å². The third-order valence-electron chi connectivity index (χ3n) is 4.07. The van der Waals surface area contributed by atoms with E-state index in [9.17, 15) is 32.9 Å². The van der Waals surface area contributed by atoms with Crippen molar-refractivity contribution in [2.45, 2.75) is 31.6 Å². The van der Waals surface area contributed by atoms with Crippen molar-refractivity contribution in [3.8, 4) is 0 Å². The van der Waals surface area contributed by atoms with Crippen molar-refractivity contribution in [3.63, 3.8) is 0 Å². The molecular weight excluding hydrogens is 357 g/mol. The summed E-state index contributed by atoms with van der Waals surface area (Å²) in [6.45, 7) is -1.01. The molecule has 1 atom stereocenters. The van der Waals surface area contributed by atoms with Crippen molar-refractivity contribution in [1.82, 2.24) is 10.2 Å². The van der Waals surface area contributed by atoms with Crippen LogP contribution in [0.25, 0.3) is 0 Å². The molecule has 1 fully saturated rings. The topological polar surface area (TPSA) is 119 Å². The Balaban J connectivity index is 2.15. The first-order chi connectivity index (χ1) is 12.1. The molecule has 11 heteroatoms. The Kier molecular flexibility index (Phi) is 5.80. The number of nitrogens with one attached hydrogen (secondary N) is 1. The van der Waals surface area contributed by atoms with Gasteiger partial charge in [0, 0.05) is 23.7 Å². The zero-order valence-corrected chi connectivity index (χ0v) is 13.6. The molecule has 0 aromatic heterocycles. The minimum atomic E-state index is -4.51. The largest absolute Gasteiger partial charge is 0.405 e. The average Bonchev–Trinajstić information content (AvgIpc) is 3.00. The fraction of sp³-hybridized carbons (Fsp3) is 0.467. The molecule has 1 aromatic carbocycles. The highest BCUT2D eigenvalue weighted by molar-refractivity contribution is 5.93. The lowest BCUT2D eigenvalue weighted by Crippen LogP contribution is -2.45. The van der Waals surface area contributed by atoms with Gasteiger partial charge in [-0.25, -0.2) is 0 Å². The van der Waals surface area contributed by atoms with Crippen LogP contribution in [0.1, 0.15) is 28.8 Å². The molecule has 0 aliphatic carbocycles. The number of amides is 2. The number of carbonyl (C=O) groups is 2. The first-order valence-corrected chi connectivity index (χ1v) is 7.74. The number of primary amides is 1. The summed E-state index contributed by atoms with van der Waals surface area (Å²) in [7, 11) is 0. The van der Waals surface area contributed by atoms with Gasteiger partial charge in [0.15, 0.2) is 0 Å². The molecule has 1 aromatic rings. The number of carbonyl (C=O) groups excluding carboxylic acids is 2. The van der Waals surface area contributed by atoms with Crippen molar-refractivity contribution in [2.24, 2.45) is 5.73 Å². The van der Waals surface area contributed by atoms with Crippen LogP contribution in [0.3, 0.4) is 0 Å². The van der Waals surface area contributed by atoms with Gasteiger partial charge < -0.3 is 11.1 Å². The highest BCUT2D eigenvalue weighted by Crippen LogP contribution is 2.26. The number of alkyl halides is 3. The maximum atomic E-state index is 12.3. The lowest BCUT2D eigenvalue weighted by Gasteiger charge is -2.24. The summed E-state index contributed by atoms with van der Waals surface area (Å²) in [6.07, 6.45) is -3.57. The van der Waals surface area contributed by atoms with E-state index in [1.807, 2.05) is 5.32 Å². The summed E-state index contributed by atoms with van der Waals surface area (Å²) in [4.78, 5) is 35.3. The fourth-order valence-electron chi connectivity index (χ4n) is 2.86. The zero-order valence-electron chi connectivity index (χ0n) is 13.6. The number of nitro groups is 1. The van der Waals surface area contributed by atoms with E-state index in [0.717, 1.165) is 6.07 Å². The Labute approximate surface area is 146 Å². The second-order valence-corrected chi connectivity index (χ2v) is 5.93. The van der Waals surface area contributed by atoms with Gasteiger partial charge in [0.05, 0.1) is 11.0 Å². The van der Waals surface area contributed by atoms with Gasteiger partial charge in [-0.3, -0.25) is 24.6 Å². The van der Waals surface area contributed by atoms with Gasteiger partial charge in [-0.15, -0.1) is 0 Å². The smallest absolute Gasteiger partial charge is 0.366 e. The summed E-state index contributed by atoms with van der Waals surface area (Å²) < 4.78 is 36.8. The molecule has 1 saturated heterocycles. The number of nitrogens with two attached hydrogens (primary N) is 1. The van der Waals surface area contributed by atoms with Gasteiger partial charge in [-0.2, -0.15) is 13.2 Å². The molecule has 26 heavy (non-hydrogen) atoms. The average molecular weight is 374 g/mol. The number of rotatable bonds is 6. The summed E-state index contributed by atoms with van der Waals surface area (Å²) in [5.41, 5.74) is 5.00. The van der Waals surface area contributed by atoms with Crippen LogP contribution < -0.4 is 11.1 Å². The quantitative estimate of drug-likeness (QED) is 0.575. The predicted octanol–water partition coefficient (Wildman–Crippen LogP) is 1.34. The standard InChI is InChI=1S/C15H17F3N4O4/c16-15(17,18)8-20-14(24)11-2-1-5-21(11)7-10-4-3-9(13(19)23)6-12(10)22(25)26/h3-4,6,11H,1-2,5,7-8H2,(H2,19,23)(H,20,24). The second kappa shape index (κ2) is 7.68. The molecule has 1 aliphatic heterocycles. The fourth-order valence-corrected chi connectivity index (χ4v) is 2.86. The molecule has 0 radical (unpaired) electrons. The Morgan fingerprint density at radius 1 is 1.38 bits per heavy atom. The monoisotopic (exact) mass is 374 g/mol. The van der Waals surface area contributed by atoms with Gasteiger partial charge in [0.25, 0.3) is 5.69 Å². The van der Waals surface area contributed by atoms with Crippen LogP contribution in [-0.4, -0.2) is 46.9 Å². The van der Waals surface area contributed by atoms with E-state index in [2.05, 4.69) is 0 Å². The molecule has 2 amide bonds. The normalized spacial score (nSPS) is 17.9. The van der Waals surface area contributed by atoms with Crippen molar-refractivity contribution >= 4 is 17.5 Å². The SMILES string of the molecule is NC(=O)c1ccc(CN2CCCC2C(=O)NCC(F)(F)F)c([N+](=O)[O-])c1. The Morgan fingerprint density at radius 3 is 2.65 bits per heavy atom. The van der Waals surface area contributed by atoms with E-state index >= 15 is 0 Å². The lowest BCUT2D eigenvalue weighted by molar-refractivity contribution is -0.385. The summed E-state index contributed by atoms with van der Waals surface area (Å²) in [6, 6.07) is 2.94. The molecule has 0 spiro atoms. The molecule has 8 nitrogen and oxygen atoms in total. The zero-order chi connectivity index (χ0) is 19.5. The van der Waals surface area contributed by atoms with Crippen LogP contribution in [0.15, 0.2) is 18.2 Å². The molecule has 0 saturated carbocycles. The van der Waals surface area contributed by atoms with Crippen LogP contribution in [0, 0.1) is 10.1 Å². The molecule has 3 N–H and O–H groups in total. The van der Waals surface area contributed by atoms with Crippen LogP contribution in [0.4, 0.5) is 18.9 Å². The van der Waals surface area contributed by atoms with Gasteiger partial charge in [0.2, 0.25) is 11.8 Å². The van der Waals surface area contributed by atoms with Crippen LogP contribution in [0.2, 0.25) is 0 Å². The minimum absolute atomic E-state index is 0.000536. The number of hydrogen-bond acceptors (Lipinski definition) is 5. The van der Waals surface area contributed by atoms with Crippen LogP contribution >= 0.6 is 0 Å². The van der Waals surface area contributed by atoms with Crippen molar-refractivity contribution in [1.29, 1.82) is 0 Å². The Morgan fingerprint density at radius 2 is 2.08 bits per heavy atom. The van der Waals surface area contributed by atoms with Crippen molar-refractivity contribution in [3.05, 3.63) is 39.4 Å². The number of halogens is 3. The van der Waals surface area contributed by atoms with Crippen LogP contribution in [0.5, 0.6) is 0 Å². The third kappa shape index (κ3) is 4.91. The summed E-state index contributed by atoms with van der Waals surface area (Å²) in [5, 5.41) is 13.1. The summed E-state index contributed by atoms with van der Waals surface area (Å²) >= 11 is 0. The molecule has 1 aliphatic rings. The van der Waals surface area contributed by atoms with Crippen molar-refractivity contribution < 1.29 is 27.7 Å². The molecule has 142 valence electrons.